The molecule has 1 saturated heterocycles. The van der Waals surface area contributed by atoms with E-state index in [2.05, 4.69) is 10.3 Å². The van der Waals surface area contributed by atoms with Crippen molar-refractivity contribution in [3.63, 3.8) is 0 Å². The van der Waals surface area contributed by atoms with Gasteiger partial charge in [0.2, 0.25) is 10.0 Å². The molecule has 1 N–H and O–H groups in total. The van der Waals surface area contributed by atoms with Gasteiger partial charge in [-0.1, -0.05) is 18.5 Å². The van der Waals surface area contributed by atoms with Crippen LogP contribution in [0.15, 0.2) is 18.3 Å². The number of piperidine rings is 1. The van der Waals surface area contributed by atoms with E-state index in [4.69, 9.17) is 11.6 Å². The Kier molecular flexibility index (Phi) is 5.77. The Labute approximate surface area is 135 Å². The lowest BCUT2D eigenvalue weighted by Gasteiger charge is -2.31. The molecule has 0 saturated carbocycles. The fraction of sp³-hybridized carbons (Fsp3) is 0.571. The number of carbonyl (C=O) groups excluding carboxylic acids is 1. The van der Waals surface area contributed by atoms with Crippen molar-refractivity contribution in [1.82, 2.24) is 14.6 Å². The largest absolute Gasteiger partial charge is 0.348 e. The van der Waals surface area contributed by atoms with Crippen LogP contribution in [0.2, 0.25) is 5.02 Å². The van der Waals surface area contributed by atoms with Crippen LogP contribution in [-0.4, -0.2) is 48.5 Å². The Bertz CT molecular complexity index is 628. The van der Waals surface area contributed by atoms with Gasteiger partial charge in [-0.3, -0.25) is 9.78 Å². The summed E-state index contributed by atoms with van der Waals surface area (Å²) in [5, 5.41) is 3.34. The van der Waals surface area contributed by atoms with Crippen LogP contribution < -0.4 is 5.32 Å². The Morgan fingerprint density at radius 2 is 2.14 bits per heavy atom. The molecule has 1 aliphatic rings. The highest BCUT2D eigenvalue weighted by Crippen LogP contribution is 2.16. The molecule has 1 fully saturated rings. The molecule has 0 spiro atoms. The van der Waals surface area contributed by atoms with Crippen LogP contribution >= 0.6 is 11.6 Å². The molecule has 0 atom stereocenters. The smallest absolute Gasteiger partial charge is 0.270 e. The van der Waals surface area contributed by atoms with Gasteiger partial charge in [-0.25, -0.2) is 12.7 Å². The topological polar surface area (TPSA) is 79.4 Å². The fourth-order valence-electron chi connectivity index (χ4n) is 2.45. The summed E-state index contributed by atoms with van der Waals surface area (Å²) in [5.41, 5.74) is 0.272. The molecule has 1 amide bonds. The highest BCUT2D eigenvalue weighted by atomic mass is 35.5. The van der Waals surface area contributed by atoms with E-state index in [1.807, 2.05) is 6.92 Å². The molecule has 0 unspecified atom stereocenters. The van der Waals surface area contributed by atoms with Crippen LogP contribution in [0.3, 0.4) is 0 Å². The number of amides is 1. The first-order chi connectivity index (χ1) is 10.4. The Balaban J connectivity index is 1.89. The summed E-state index contributed by atoms with van der Waals surface area (Å²) in [6.07, 6.45) is 3.31. The van der Waals surface area contributed by atoms with E-state index in [0.717, 1.165) is 0 Å². The molecular formula is C14H20ClN3O3S. The van der Waals surface area contributed by atoms with Crippen LogP contribution in [0.1, 0.15) is 36.7 Å². The van der Waals surface area contributed by atoms with Gasteiger partial charge in [-0.05, 0) is 31.4 Å². The maximum absolute atomic E-state index is 12.1. The molecule has 0 aliphatic carbocycles. The number of sulfonamides is 1. The SMILES string of the molecule is CCCS(=O)(=O)N1CCC(NC(=O)c2cc(Cl)ccn2)CC1. The summed E-state index contributed by atoms with van der Waals surface area (Å²) < 4.78 is 25.5. The Hall–Kier alpha value is -1.18. The fourth-order valence-corrected chi connectivity index (χ4v) is 4.15. The average Bonchev–Trinajstić information content (AvgIpc) is 2.47. The molecule has 0 bridgehead atoms. The van der Waals surface area contributed by atoms with Crippen molar-refractivity contribution in [3.8, 4) is 0 Å². The van der Waals surface area contributed by atoms with Gasteiger partial charge in [0.15, 0.2) is 0 Å². The van der Waals surface area contributed by atoms with Gasteiger partial charge >= 0.3 is 0 Å². The summed E-state index contributed by atoms with van der Waals surface area (Å²) in [5.74, 6) is -0.103. The van der Waals surface area contributed by atoms with E-state index < -0.39 is 10.0 Å². The molecule has 122 valence electrons. The third kappa shape index (κ3) is 4.41. The number of rotatable bonds is 5. The van der Waals surface area contributed by atoms with Crippen LogP contribution in [0.25, 0.3) is 0 Å². The summed E-state index contributed by atoms with van der Waals surface area (Å²) in [6.45, 7) is 2.73. The first kappa shape index (κ1) is 17.2. The Morgan fingerprint density at radius 3 is 2.73 bits per heavy atom. The third-order valence-corrected chi connectivity index (χ3v) is 5.91. The monoisotopic (exact) mass is 345 g/mol. The summed E-state index contributed by atoms with van der Waals surface area (Å²) in [4.78, 5) is 16.1. The van der Waals surface area contributed by atoms with Gasteiger partial charge in [0.25, 0.3) is 5.91 Å². The van der Waals surface area contributed by atoms with Crippen molar-refractivity contribution in [2.75, 3.05) is 18.8 Å². The number of hydrogen-bond donors (Lipinski definition) is 1. The lowest BCUT2D eigenvalue weighted by atomic mass is 10.1. The number of pyridine rings is 1. The van der Waals surface area contributed by atoms with Crippen LogP contribution in [0.4, 0.5) is 0 Å². The molecule has 8 heteroatoms. The highest BCUT2D eigenvalue weighted by molar-refractivity contribution is 7.89. The molecule has 2 heterocycles. The van der Waals surface area contributed by atoms with Crippen molar-refractivity contribution in [2.24, 2.45) is 0 Å². The van der Waals surface area contributed by atoms with E-state index in [-0.39, 0.29) is 23.4 Å². The van der Waals surface area contributed by atoms with Gasteiger partial charge in [0.05, 0.1) is 5.75 Å². The van der Waals surface area contributed by atoms with Crippen molar-refractivity contribution in [3.05, 3.63) is 29.0 Å². The van der Waals surface area contributed by atoms with E-state index in [1.54, 1.807) is 6.07 Å². The molecule has 1 aliphatic heterocycles. The predicted molar refractivity (Wildman–Crippen MR) is 85.4 cm³/mol. The standard InChI is InChI=1S/C14H20ClN3O3S/c1-2-9-22(20,21)18-7-4-12(5-8-18)17-14(19)13-10-11(15)3-6-16-13/h3,6,10,12H,2,4-5,7-9H2,1H3,(H,17,19). The lowest BCUT2D eigenvalue weighted by Crippen LogP contribution is -2.47. The molecule has 2 rings (SSSR count). The zero-order valence-electron chi connectivity index (χ0n) is 12.5. The van der Waals surface area contributed by atoms with E-state index >= 15 is 0 Å². The van der Waals surface area contributed by atoms with Gasteiger partial charge in [0, 0.05) is 30.4 Å². The molecule has 22 heavy (non-hydrogen) atoms. The van der Waals surface area contributed by atoms with Gasteiger partial charge in [0.1, 0.15) is 5.69 Å². The number of nitrogens with zero attached hydrogens (tertiary/aromatic N) is 2. The lowest BCUT2D eigenvalue weighted by molar-refractivity contribution is 0.0919. The second kappa shape index (κ2) is 7.39. The minimum atomic E-state index is -3.15. The summed E-state index contributed by atoms with van der Waals surface area (Å²) in [7, 11) is -3.15. The average molecular weight is 346 g/mol. The minimum absolute atomic E-state index is 0.0404. The molecule has 0 radical (unpaired) electrons. The molecule has 1 aromatic rings. The van der Waals surface area contributed by atoms with Gasteiger partial charge < -0.3 is 5.32 Å². The number of hydrogen-bond acceptors (Lipinski definition) is 4. The van der Waals surface area contributed by atoms with E-state index in [9.17, 15) is 13.2 Å². The molecule has 6 nitrogen and oxygen atoms in total. The minimum Gasteiger partial charge on any atom is -0.348 e. The molecular weight excluding hydrogens is 326 g/mol. The zero-order valence-corrected chi connectivity index (χ0v) is 14.0. The van der Waals surface area contributed by atoms with Crippen LogP contribution in [0, 0.1) is 0 Å². The zero-order chi connectivity index (χ0) is 16.2. The number of nitrogens with one attached hydrogen (secondary N) is 1. The van der Waals surface area contributed by atoms with Crippen molar-refractivity contribution < 1.29 is 13.2 Å². The predicted octanol–water partition coefficient (Wildman–Crippen LogP) is 1.67. The number of aromatic nitrogens is 1. The first-order valence-corrected chi connectivity index (χ1v) is 9.31. The summed E-state index contributed by atoms with van der Waals surface area (Å²) >= 11 is 5.84. The van der Waals surface area contributed by atoms with Crippen LogP contribution in [-0.2, 0) is 10.0 Å². The Morgan fingerprint density at radius 1 is 1.45 bits per heavy atom. The van der Waals surface area contributed by atoms with Gasteiger partial charge in [-0.15, -0.1) is 0 Å². The number of halogens is 1. The number of carbonyl (C=O) groups is 1. The maximum Gasteiger partial charge on any atom is 0.270 e. The van der Waals surface area contributed by atoms with E-state index in [1.165, 1.54) is 16.6 Å². The second-order valence-electron chi connectivity index (χ2n) is 5.32. The van der Waals surface area contributed by atoms with E-state index in [0.29, 0.717) is 37.4 Å². The first-order valence-electron chi connectivity index (χ1n) is 7.32. The summed E-state index contributed by atoms with van der Waals surface area (Å²) in [6, 6.07) is 3.08. The third-order valence-electron chi connectivity index (χ3n) is 3.60. The van der Waals surface area contributed by atoms with Crippen LogP contribution in [0.5, 0.6) is 0 Å². The van der Waals surface area contributed by atoms with Gasteiger partial charge in [-0.2, -0.15) is 0 Å². The maximum atomic E-state index is 12.1. The molecule has 1 aromatic heterocycles. The normalized spacial score (nSPS) is 17.4. The quantitative estimate of drug-likeness (QED) is 0.880. The van der Waals surface area contributed by atoms with Crippen molar-refractivity contribution >= 4 is 27.5 Å². The second-order valence-corrected chi connectivity index (χ2v) is 7.85. The molecule has 0 aromatic carbocycles. The highest BCUT2D eigenvalue weighted by Gasteiger charge is 2.28. The van der Waals surface area contributed by atoms with Crippen molar-refractivity contribution in [1.29, 1.82) is 0 Å². The van der Waals surface area contributed by atoms with Crippen molar-refractivity contribution in [2.45, 2.75) is 32.2 Å².